The molecule has 5 rings (SSSR count). The van der Waals surface area contributed by atoms with E-state index in [9.17, 15) is 0 Å². The first-order valence-corrected chi connectivity index (χ1v) is 9.76. The molecule has 0 N–H and O–H groups in total. The maximum atomic E-state index is 4.99. The quantitative estimate of drug-likeness (QED) is 0.395. The molecule has 0 saturated carbocycles. The first kappa shape index (κ1) is 16.9. The lowest BCUT2D eigenvalue weighted by Crippen LogP contribution is -2.31. The lowest BCUT2D eigenvalue weighted by molar-refractivity contribution is 0.528. The van der Waals surface area contributed by atoms with Crippen LogP contribution in [0.25, 0.3) is 22.2 Å². The monoisotopic (exact) mass is 366 g/mol. The number of imidazole rings is 1. The Morgan fingerprint density at radius 2 is 1.54 bits per heavy atom. The van der Waals surface area contributed by atoms with E-state index in [1.54, 1.807) is 0 Å². The van der Waals surface area contributed by atoms with Crippen LogP contribution in [0.2, 0.25) is 0 Å². The molecule has 28 heavy (non-hydrogen) atoms. The van der Waals surface area contributed by atoms with Gasteiger partial charge in [-0.1, -0.05) is 53.5 Å². The lowest BCUT2D eigenvalue weighted by atomic mass is 9.99. The standard InChI is InChI=1S/C25H24N3/c1-17-16-20(19-10-6-5-7-11-19)14-15-22(17)27-18(2)25(3,4)28-23-13-9-8-12-21(23)26-24(27)28/h5-16H,1-4H3/q+1. The molecule has 0 aliphatic carbocycles. The molecule has 1 aromatic heterocycles. The van der Waals surface area contributed by atoms with Crippen LogP contribution in [-0.4, -0.2) is 15.3 Å². The highest BCUT2D eigenvalue weighted by molar-refractivity contribution is 6.00. The van der Waals surface area contributed by atoms with E-state index in [-0.39, 0.29) is 5.54 Å². The zero-order valence-electron chi connectivity index (χ0n) is 16.8. The Bertz CT molecular complexity index is 1240. The first-order chi connectivity index (χ1) is 13.5. The molecule has 138 valence electrons. The van der Waals surface area contributed by atoms with Gasteiger partial charge in [0.25, 0.3) is 0 Å². The van der Waals surface area contributed by atoms with Gasteiger partial charge in [0.15, 0.2) is 5.52 Å². The minimum absolute atomic E-state index is 0.129. The molecule has 0 spiro atoms. The summed E-state index contributed by atoms with van der Waals surface area (Å²) in [5.74, 6) is 0.999. The summed E-state index contributed by atoms with van der Waals surface area (Å²) in [6, 6.07) is 25.7. The Balaban J connectivity index is 1.71. The van der Waals surface area contributed by atoms with Crippen molar-refractivity contribution in [3.63, 3.8) is 0 Å². The number of hydrogen-bond donors (Lipinski definition) is 0. The number of para-hydroxylation sites is 2. The van der Waals surface area contributed by atoms with Crippen molar-refractivity contribution in [1.82, 2.24) is 14.1 Å². The van der Waals surface area contributed by atoms with Crippen molar-refractivity contribution in [3.8, 4) is 11.1 Å². The van der Waals surface area contributed by atoms with Gasteiger partial charge in [0.05, 0.1) is 5.71 Å². The Kier molecular flexibility index (Phi) is 3.57. The van der Waals surface area contributed by atoms with E-state index in [1.165, 1.54) is 33.6 Å². The van der Waals surface area contributed by atoms with Crippen molar-refractivity contribution in [2.24, 2.45) is 0 Å². The van der Waals surface area contributed by atoms with Crippen molar-refractivity contribution in [2.75, 3.05) is 0 Å². The van der Waals surface area contributed by atoms with Crippen LogP contribution in [0.5, 0.6) is 0 Å². The third-order valence-electron chi connectivity index (χ3n) is 6.07. The van der Waals surface area contributed by atoms with E-state index in [1.807, 2.05) is 0 Å². The average Bonchev–Trinajstić information content (AvgIpc) is 3.17. The van der Waals surface area contributed by atoms with Gasteiger partial charge in [0.1, 0.15) is 16.7 Å². The molecule has 1 aliphatic rings. The topological polar surface area (TPSA) is 20.8 Å². The van der Waals surface area contributed by atoms with Crippen molar-refractivity contribution >= 4 is 28.4 Å². The molecule has 3 nitrogen and oxygen atoms in total. The SMILES string of the molecule is CC1=[N+](c2ccc(-c3ccccc3)cc2C)c2nc3ccccc3n2C1(C)C. The Labute approximate surface area is 165 Å². The van der Waals surface area contributed by atoms with Crippen LogP contribution in [-0.2, 0) is 5.54 Å². The number of hydrogen-bond acceptors (Lipinski definition) is 1. The lowest BCUT2D eigenvalue weighted by Gasteiger charge is -2.17. The van der Waals surface area contributed by atoms with E-state index >= 15 is 0 Å². The van der Waals surface area contributed by atoms with Crippen molar-refractivity contribution < 1.29 is 0 Å². The summed E-state index contributed by atoms with van der Waals surface area (Å²) in [5, 5.41) is 0. The Morgan fingerprint density at radius 3 is 2.29 bits per heavy atom. The van der Waals surface area contributed by atoms with Gasteiger partial charge >= 0.3 is 5.95 Å². The molecule has 4 aromatic rings. The summed E-state index contributed by atoms with van der Waals surface area (Å²) in [7, 11) is 0. The van der Waals surface area contributed by atoms with Gasteiger partial charge < -0.3 is 0 Å². The van der Waals surface area contributed by atoms with E-state index in [0.29, 0.717) is 0 Å². The summed E-state index contributed by atoms with van der Waals surface area (Å²) in [5.41, 5.74) is 8.31. The second kappa shape index (κ2) is 5.90. The van der Waals surface area contributed by atoms with Gasteiger partial charge in [-0.15, -0.1) is 0 Å². The zero-order valence-corrected chi connectivity index (χ0v) is 16.8. The number of aromatic nitrogens is 2. The molecule has 2 heterocycles. The molecule has 0 unspecified atom stereocenters. The third kappa shape index (κ3) is 2.29. The predicted octanol–water partition coefficient (Wildman–Crippen LogP) is 6.06. The van der Waals surface area contributed by atoms with Gasteiger partial charge in [-0.25, -0.2) is 4.57 Å². The highest BCUT2D eigenvalue weighted by atomic mass is 15.3. The summed E-state index contributed by atoms with van der Waals surface area (Å²) < 4.78 is 4.69. The minimum Gasteiger partial charge on any atom is -0.213 e. The number of nitrogens with zero attached hydrogens (tertiary/aromatic N) is 3. The summed E-state index contributed by atoms with van der Waals surface area (Å²) >= 11 is 0. The third-order valence-corrected chi connectivity index (χ3v) is 6.07. The maximum Gasteiger partial charge on any atom is 0.405 e. The summed E-state index contributed by atoms with van der Waals surface area (Å²) in [4.78, 5) is 4.99. The summed E-state index contributed by atoms with van der Waals surface area (Å²) in [6.45, 7) is 8.95. The molecule has 3 heteroatoms. The Morgan fingerprint density at radius 1 is 0.821 bits per heavy atom. The van der Waals surface area contributed by atoms with Crippen molar-refractivity contribution in [1.29, 1.82) is 0 Å². The fourth-order valence-electron chi connectivity index (χ4n) is 4.30. The van der Waals surface area contributed by atoms with E-state index in [4.69, 9.17) is 4.98 Å². The van der Waals surface area contributed by atoms with Crippen LogP contribution >= 0.6 is 0 Å². The summed E-state index contributed by atoms with van der Waals surface area (Å²) in [6.07, 6.45) is 0. The molecule has 0 bridgehead atoms. The van der Waals surface area contributed by atoms with Crippen molar-refractivity contribution in [2.45, 2.75) is 33.2 Å². The maximum absolute atomic E-state index is 4.99. The van der Waals surface area contributed by atoms with Crippen molar-refractivity contribution in [3.05, 3.63) is 78.4 Å². The smallest absolute Gasteiger partial charge is 0.213 e. The number of benzene rings is 3. The number of fused-ring (bicyclic) bond motifs is 3. The average molecular weight is 366 g/mol. The molecular formula is C25H24N3+. The van der Waals surface area contributed by atoms with Gasteiger partial charge in [-0.2, -0.15) is 4.58 Å². The molecular weight excluding hydrogens is 342 g/mol. The zero-order chi connectivity index (χ0) is 19.5. The molecule has 0 atom stereocenters. The van der Waals surface area contributed by atoms with Gasteiger partial charge in [-0.3, -0.25) is 0 Å². The number of aryl methyl sites for hydroxylation is 1. The second-order valence-corrected chi connectivity index (χ2v) is 8.08. The normalized spacial score (nSPS) is 15.3. The van der Waals surface area contributed by atoms with Crippen LogP contribution < -0.4 is 4.58 Å². The molecule has 0 saturated heterocycles. The van der Waals surface area contributed by atoms with Crippen LogP contribution in [0, 0.1) is 6.92 Å². The number of rotatable bonds is 2. The highest BCUT2D eigenvalue weighted by Crippen LogP contribution is 2.40. The molecule has 0 fully saturated rings. The van der Waals surface area contributed by atoms with Crippen LogP contribution in [0.3, 0.4) is 0 Å². The van der Waals surface area contributed by atoms with Gasteiger partial charge in [0, 0.05) is 0 Å². The van der Waals surface area contributed by atoms with Crippen LogP contribution in [0.1, 0.15) is 26.3 Å². The van der Waals surface area contributed by atoms with Gasteiger partial charge in [-0.05, 0) is 68.7 Å². The predicted molar refractivity (Wildman–Crippen MR) is 118 cm³/mol. The van der Waals surface area contributed by atoms with E-state index < -0.39 is 0 Å². The Hall–Kier alpha value is -3.20. The molecule has 0 radical (unpaired) electrons. The molecule has 0 amide bonds. The first-order valence-electron chi connectivity index (χ1n) is 9.76. The van der Waals surface area contributed by atoms with Gasteiger partial charge in [0.2, 0.25) is 0 Å². The van der Waals surface area contributed by atoms with E-state index in [2.05, 4.69) is 110 Å². The second-order valence-electron chi connectivity index (χ2n) is 8.08. The molecule has 3 aromatic carbocycles. The minimum atomic E-state index is -0.129. The van der Waals surface area contributed by atoms with Crippen LogP contribution in [0.15, 0.2) is 72.8 Å². The van der Waals surface area contributed by atoms with Crippen LogP contribution in [0.4, 0.5) is 11.6 Å². The fraction of sp³-hybridized carbons (Fsp3) is 0.200. The largest absolute Gasteiger partial charge is 0.405 e. The van der Waals surface area contributed by atoms with E-state index in [0.717, 1.165) is 11.5 Å². The highest BCUT2D eigenvalue weighted by Gasteiger charge is 2.45. The fourth-order valence-corrected chi connectivity index (χ4v) is 4.30. The molecule has 1 aliphatic heterocycles.